The van der Waals surface area contributed by atoms with E-state index in [2.05, 4.69) is 38.8 Å². The molecule has 2 N–H and O–H groups in total. The summed E-state index contributed by atoms with van der Waals surface area (Å²) in [6.07, 6.45) is 1.78. The van der Waals surface area contributed by atoms with Crippen LogP contribution >= 0.6 is 0 Å². The Labute approximate surface area is 160 Å². The van der Waals surface area contributed by atoms with E-state index in [4.69, 9.17) is 4.74 Å². The van der Waals surface area contributed by atoms with Gasteiger partial charge in [0.25, 0.3) is 0 Å². The van der Waals surface area contributed by atoms with E-state index in [9.17, 15) is 0 Å². The zero-order valence-corrected chi connectivity index (χ0v) is 15.4. The largest absolute Gasteiger partial charge is 0.491 e. The minimum atomic E-state index is 0.536. The van der Waals surface area contributed by atoms with Crippen molar-refractivity contribution in [1.82, 2.24) is 15.6 Å². The van der Waals surface area contributed by atoms with Crippen LogP contribution in [0, 0.1) is 0 Å². The van der Waals surface area contributed by atoms with E-state index in [0.717, 1.165) is 28.5 Å². The second-order valence-corrected chi connectivity index (χ2v) is 5.88. The van der Waals surface area contributed by atoms with Crippen LogP contribution in [0.1, 0.15) is 5.69 Å². The van der Waals surface area contributed by atoms with Crippen molar-refractivity contribution in [2.75, 3.05) is 20.2 Å². The summed E-state index contributed by atoms with van der Waals surface area (Å²) in [6, 6.07) is 24.2. The second-order valence-electron chi connectivity index (χ2n) is 5.88. The lowest BCUT2D eigenvalue weighted by Crippen LogP contribution is -2.39. The Balaban J connectivity index is 1.49. The normalized spacial score (nSPS) is 11.1. The number of benzene rings is 2. The van der Waals surface area contributed by atoms with Crippen molar-refractivity contribution in [2.24, 2.45) is 4.99 Å². The molecule has 2 aromatic carbocycles. The SMILES string of the molecule is CN=C(NCCOc1ccccc1-c1ccccc1)NCc1ccccn1. The summed E-state index contributed by atoms with van der Waals surface area (Å²) >= 11 is 0. The van der Waals surface area contributed by atoms with Crippen LogP contribution < -0.4 is 15.4 Å². The quantitative estimate of drug-likeness (QED) is 0.385. The van der Waals surface area contributed by atoms with Gasteiger partial charge in [-0.2, -0.15) is 0 Å². The van der Waals surface area contributed by atoms with Crippen LogP contribution in [-0.2, 0) is 6.54 Å². The number of aliphatic imine (C=N–C) groups is 1. The number of hydrogen-bond acceptors (Lipinski definition) is 3. The van der Waals surface area contributed by atoms with Gasteiger partial charge in [0.05, 0.1) is 18.8 Å². The van der Waals surface area contributed by atoms with E-state index < -0.39 is 0 Å². The molecule has 5 heteroatoms. The molecule has 3 aromatic rings. The average Bonchev–Trinajstić information content (AvgIpc) is 2.75. The lowest BCUT2D eigenvalue weighted by Gasteiger charge is -2.14. The van der Waals surface area contributed by atoms with Gasteiger partial charge in [0, 0.05) is 18.8 Å². The predicted octanol–water partition coefficient (Wildman–Crippen LogP) is 3.49. The van der Waals surface area contributed by atoms with Gasteiger partial charge in [-0.25, -0.2) is 0 Å². The van der Waals surface area contributed by atoms with Crippen LogP contribution in [0.25, 0.3) is 11.1 Å². The van der Waals surface area contributed by atoms with Gasteiger partial charge in [0.2, 0.25) is 0 Å². The lowest BCUT2D eigenvalue weighted by atomic mass is 10.1. The Hall–Kier alpha value is -3.34. The number of hydrogen-bond donors (Lipinski definition) is 2. The second kappa shape index (κ2) is 9.97. The molecule has 0 saturated heterocycles. The van der Waals surface area contributed by atoms with Crippen molar-refractivity contribution in [3.8, 4) is 16.9 Å². The number of nitrogens with one attached hydrogen (secondary N) is 2. The van der Waals surface area contributed by atoms with Gasteiger partial charge in [-0.15, -0.1) is 0 Å². The van der Waals surface area contributed by atoms with E-state index in [1.807, 2.05) is 54.6 Å². The summed E-state index contributed by atoms with van der Waals surface area (Å²) in [4.78, 5) is 8.51. The van der Waals surface area contributed by atoms with Crippen molar-refractivity contribution < 1.29 is 4.74 Å². The topological polar surface area (TPSA) is 58.5 Å². The molecule has 0 radical (unpaired) electrons. The van der Waals surface area contributed by atoms with Crippen LogP contribution in [-0.4, -0.2) is 31.1 Å². The fourth-order valence-corrected chi connectivity index (χ4v) is 2.68. The van der Waals surface area contributed by atoms with Gasteiger partial charge in [-0.1, -0.05) is 54.6 Å². The molecule has 0 saturated carbocycles. The fraction of sp³-hybridized carbons (Fsp3) is 0.182. The fourth-order valence-electron chi connectivity index (χ4n) is 2.68. The minimum Gasteiger partial charge on any atom is -0.491 e. The molecule has 0 unspecified atom stereocenters. The van der Waals surface area contributed by atoms with E-state index in [1.54, 1.807) is 13.2 Å². The molecule has 0 aliphatic heterocycles. The zero-order chi connectivity index (χ0) is 18.7. The Bertz CT molecular complexity index is 850. The summed E-state index contributed by atoms with van der Waals surface area (Å²) in [7, 11) is 1.75. The average molecular weight is 360 g/mol. The molecule has 1 aromatic heterocycles. The van der Waals surface area contributed by atoms with Gasteiger partial charge in [-0.3, -0.25) is 9.98 Å². The summed E-state index contributed by atoms with van der Waals surface area (Å²) in [6.45, 7) is 1.80. The van der Waals surface area contributed by atoms with E-state index in [1.165, 1.54) is 0 Å². The lowest BCUT2D eigenvalue weighted by molar-refractivity contribution is 0.323. The molecule has 27 heavy (non-hydrogen) atoms. The summed E-state index contributed by atoms with van der Waals surface area (Å²) in [5.74, 6) is 1.60. The Morgan fingerprint density at radius 1 is 0.926 bits per heavy atom. The Morgan fingerprint density at radius 2 is 1.70 bits per heavy atom. The molecular formula is C22H24N4O. The molecule has 0 aliphatic carbocycles. The highest BCUT2D eigenvalue weighted by atomic mass is 16.5. The standard InChI is InChI=1S/C22H24N4O/c1-23-22(26-17-19-11-7-8-14-24-19)25-15-16-27-21-13-6-5-12-20(21)18-9-3-2-4-10-18/h2-14H,15-17H2,1H3,(H2,23,25,26). The number of nitrogens with zero attached hydrogens (tertiary/aromatic N) is 2. The maximum Gasteiger partial charge on any atom is 0.191 e. The minimum absolute atomic E-state index is 0.536. The summed E-state index contributed by atoms with van der Waals surface area (Å²) in [5.41, 5.74) is 3.21. The maximum absolute atomic E-state index is 5.99. The Kier molecular flexibility index (Phi) is 6.81. The zero-order valence-electron chi connectivity index (χ0n) is 15.4. The third kappa shape index (κ3) is 5.57. The number of para-hydroxylation sites is 1. The molecule has 3 rings (SSSR count). The smallest absolute Gasteiger partial charge is 0.191 e. The molecular weight excluding hydrogens is 336 g/mol. The van der Waals surface area contributed by atoms with Crippen molar-refractivity contribution >= 4 is 5.96 Å². The number of ether oxygens (including phenoxy) is 1. The van der Waals surface area contributed by atoms with Gasteiger partial charge in [0.15, 0.2) is 5.96 Å². The Morgan fingerprint density at radius 3 is 2.48 bits per heavy atom. The monoisotopic (exact) mass is 360 g/mol. The molecule has 138 valence electrons. The first-order valence-electron chi connectivity index (χ1n) is 8.98. The van der Waals surface area contributed by atoms with E-state index in [-0.39, 0.29) is 0 Å². The third-order valence-corrected chi connectivity index (χ3v) is 4.01. The molecule has 5 nitrogen and oxygen atoms in total. The number of rotatable bonds is 7. The molecule has 0 atom stereocenters. The van der Waals surface area contributed by atoms with Crippen LogP contribution in [0.3, 0.4) is 0 Å². The first-order chi connectivity index (χ1) is 13.4. The van der Waals surface area contributed by atoms with Gasteiger partial charge in [0.1, 0.15) is 12.4 Å². The molecule has 0 fully saturated rings. The summed E-state index contributed by atoms with van der Waals surface area (Å²) < 4.78 is 5.99. The van der Waals surface area contributed by atoms with Gasteiger partial charge >= 0.3 is 0 Å². The van der Waals surface area contributed by atoms with Crippen molar-refractivity contribution in [3.05, 3.63) is 84.7 Å². The first-order valence-corrected chi connectivity index (χ1v) is 8.98. The third-order valence-electron chi connectivity index (χ3n) is 4.01. The molecule has 0 amide bonds. The van der Waals surface area contributed by atoms with Crippen LogP contribution in [0.2, 0.25) is 0 Å². The number of guanidine groups is 1. The number of aromatic nitrogens is 1. The van der Waals surface area contributed by atoms with Crippen molar-refractivity contribution in [3.63, 3.8) is 0 Å². The van der Waals surface area contributed by atoms with E-state index >= 15 is 0 Å². The molecule has 0 aliphatic rings. The maximum atomic E-state index is 5.99. The highest BCUT2D eigenvalue weighted by Gasteiger charge is 2.05. The van der Waals surface area contributed by atoms with Crippen LogP contribution in [0.4, 0.5) is 0 Å². The van der Waals surface area contributed by atoms with Gasteiger partial charge in [-0.05, 0) is 23.8 Å². The van der Waals surface area contributed by atoms with Gasteiger partial charge < -0.3 is 15.4 Å². The first kappa shape index (κ1) is 18.5. The molecule has 0 bridgehead atoms. The number of pyridine rings is 1. The summed E-state index contributed by atoms with van der Waals surface area (Å²) in [5, 5.41) is 6.50. The molecule has 0 spiro atoms. The highest BCUT2D eigenvalue weighted by molar-refractivity contribution is 5.79. The van der Waals surface area contributed by atoms with Crippen LogP contribution in [0.5, 0.6) is 5.75 Å². The van der Waals surface area contributed by atoms with Crippen molar-refractivity contribution in [2.45, 2.75) is 6.54 Å². The highest BCUT2D eigenvalue weighted by Crippen LogP contribution is 2.29. The molecule has 1 heterocycles. The predicted molar refractivity (Wildman–Crippen MR) is 110 cm³/mol. The van der Waals surface area contributed by atoms with E-state index in [0.29, 0.717) is 19.7 Å². The van der Waals surface area contributed by atoms with Crippen molar-refractivity contribution in [1.29, 1.82) is 0 Å². The van der Waals surface area contributed by atoms with Crippen LogP contribution in [0.15, 0.2) is 84.0 Å².